The molecule has 2 aromatic rings. The molecule has 0 radical (unpaired) electrons. The molecule has 0 spiro atoms. The first kappa shape index (κ1) is 14.1. The van der Waals surface area contributed by atoms with E-state index in [0.29, 0.717) is 5.69 Å². The molecule has 0 saturated heterocycles. The molecule has 1 amide bonds. The molecule has 2 rings (SSSR count). The third-order valence-electron chi connectivity index (χ3n) is 3.37. The number of rotatable bonds is 4. The maximum atomic E-state index is 12.0. The molecule has 106 valence electrons. The van der Waals surface area contributed by atoms with Crippen molar-refractivity contribution in [3.05, 3.63) is 36.7 Å². The molecule has 2 N–H and O–H groups in total. The van der Waals surface area contributed by atoms with Gasteiger partial charge >= 0.3 is 0 Å². The zero-order chi connectivity index (χ0) is 14.7. The molecule has 20 heavy (non-hydrogen) atoms. The fraction of sp³-hybridized carbons (Fsp3) is 0.333. The fourth-order valence-electron chi connectivity index (χ4n) is 1.89. The number of hydrogen-bond acceptors (Lipinski definition) is 3. The van der Waals surface area contributed by atoms with Crippen molar-refractivity contribution in [3.8, 4) is 11.1 Å². The lowest BCUT2D eigenvalue weighted by molar-refractivity contribution is -0.132. The lowest BCUT2D eigenvalue weighted by Gasteiger charge is -2.21. The Hall–Kier alpha value is -2.30. The number of carbonyl (C=O) groups is 1. The van der Waals surface area contributed by atoms with Crippen LogP contribution in [-0.2, 0) is 11.3 Å². The summed E-state index contributed by atoms with van der Waals surface area (Å²) < 4.78 is 1.64. The summed E-state index contributed by atoms with van der Waals surface area (Å²) in [6, 6.07) is 7.80. The van der Waals surface area contributed by atoms with E-state index in [-0.39, 0.29) is 18.5 Å². The van der Waals surface area contributed by atoms with E-state index in [1.165, 1.54) is 0 Å². The summed E-state index contributed by atoms with van der Waals surface area (Å²) in [7, 11) is 1.80. The van der Waals surface area contributed by atoms with Crippen molar-refractivity contribution < 1.29 is 4.79 Å². The van der Waals surface area contributed by atoms with Crippen molar-refractivity contribution in [1.29, 1.82) is 0 Å². The molecular weight excluding hydrogens is 252 g/mol. The van der Waals surface area contributed by atoms with Gasteiger partial charge < -0.3 is 10.6 Å². The van der Waals surface area contributed by atoms with Gasteiger partial charge in [-0.25, -0.2) is 0 Å². The van der Waals surface area contributed by atoms with Crippen molar-refractivity contribution >= 4 is 11.6 Å². The summed E-state index contributed by atoms with van der Waals surface area (Å²) in [6.07, 6.45) is 3.58. The minimum atomic E-state index is 0.0377. The number of aromatic nitrogens is 2. The van der Waals surface area contributed by atoms with Crippen LogP contribution in [0.2, 0.25) is 0 Å². The van der Waals surface area contributed by atoms with E-state index in [0.717, 1.165) is 11.1 Å². The Balaban J connectivity index is 2.14. The van der Waals surface area contributed by atoms with Gasteiger partial charge in [0.1, 0.15) is 6.54 Å². The van der Waals surface area contributed by atoms with Gasteiger partial charge in [-0.05, 0) is 19.9 Å². The molecule has 0 bridgehead atoms. The smallest absolute Gasteiger partial charge is 0.244 e. The Morgan fingerprint density at radius 2 is 2.10 bits per heavy atom. The second-order valence-corrected chi connectivity index (χ2v) is 5.11. The first-order valence-corrected chi connectivity index (χ1v) is 6.62. The Kier molecular flexibility index (Phi) is 4.08. The molecule has 5 nitrogen and oxygen atoms in total. The molecule has 1 aromatic carbocycles. The maximum absolute atomic E-state index is 12.0. The molecule has 0 unspecified atom stereocenters. The highest BCUT2D eigenvalue weighted by Gasteiger charge is 2.13. The monoisotopic (exact) mass is 272 g/mol. The average molecular weight is 272 g/mol. The molecule has 0 aliphatic carbocycles. The minimum absolute atomic E-state index is 0.0377. The molecule has 0 aliphatic rings. The molecule has 0 saturated carbocycles. The Morgan fingerprint density at radius 1 is 1.40 bits per heavy atom. The quantitative estimate of drug-likeness (QED) is 0.866. The van der Waals surface area contributed by atoms with Crippen LogP contribution in [0.25, 0.3) is 11.1 Å². The van der Waals surface area contributed by atoms with E-state index >= 15 is 0 Å². The summed E-state index contributed by atoms with van der Waals surface area (Å²) in [6.45, 7) is 4.20. The Morgan fingerprint density at radius 3 is 2.75 bits per heavy atom. The van der Waals surface area contributed by atoms with Gasteiger partial charge in [0.15, 0.2) is 0 Å². The second-order valence-electron chi connectivity index (χ2n) is 5.11. The van der Waals surface area contributed by atoms with Crippen molar-refractivity contribution in [1.82, 2.24) is 14.7 Å². The summed E-state index contributed by atoms with van der Waals surface area (Å²) in [5.74, 6) is 0.0377. The highest BCUT2D eigenvalue weighted by atomic mass is 16.2. The molecule has 1 heterocycles. The second kappa shape index (κ2) is 5.77. The van der Waals surface area contributed by atoms with Gasteiger partial charge in [-0.15, -0.1) is 0 Å². The lowest BCUT2D eigenvalue weighted by atomic mass is 10.1. The van der Waals surface area contributed by atoms with Crippen LogP contribution >= 0.6 is 0 Å². The number of para-hydroxylation sites is 1. The summed E-state index contributed by atoms with van der Waals surface area (Å²) >= 11 is 0. The van der Waals surface area contributed by atoms with E-state index in [1.807, 2.05) is 44.3 Å². The Bertz CT molecular complexity index is 603. The number of carbonyl (C=O) groups excluding carboxylic acids is 1. The number of benzene rings is 1. The third-order valence-corrected chi connectivity index (χ3v) is 3.37. The topological polar surface area (TPSA) is 64.2 Å². The molecule has 5 heteroatoms. The maximum Gasteiger partial charge on any atom is 0.244 e. The first-order valence-electron chi connectivity index (χ1n) is 6.62. The van der Waals surface area contributed by atoms with Crippen LogP contribution in [0.4, 0.5) is 5.69 Å². The normalized spacial score (nSPS) is 10.8. The number of amides is 1. The van der Waals surface area contributed by atoms with E-state index in [9.17, 15) is 4.79 Å². The lowest BCUT2D eigenvalue weighted by Crippen LogP contribution is -2.35. The zero-order valence-corrected chi connectivity index (χ0v) is 12.1. The van der Waals surface area contributed by atoms with Gasteiger partial charge in [0.05, 0.1) is 6.20 Å². The molecule has 0 atom stereocenters. The summed E-state index contributed by atoms with van der Waals surface area (Å²) in [5, 5.41) is 4.23. The van der Waals surface area contributed by atoms with Crippen molar-refractivity contribution in [3.63, 3.8) is 0 Å². The van der Waals surface area contributed by atoms with Crippen LogP contribution in [-0.4, -0.2) is 33.7 Å². The van der Waals surface area contributed by atoms with E-state index < -0.39 is 0 Å². The number of nitrogens with zero attached hydrogens (tertiary/aromatic N) is 3. The van der Waals surface area contributed by atoms with Crippen molar-refractivity contribution in [2.24, 2.45) is 0 Å². The van der Waals surface area contributed by atoms with Crippen molar-refractivity contribution in [2.75, 3.05) is 12.8 Å². The van der Waals surface area contributed by atoms with Crippen molar-refractivity contribution in [2.45, 2.75) is 26.4 Å². The third kappa shape index (κ3) is 2.99. The zero-order valence-electron chi connectivity index (χ0n) is 12.1. The van der Waals surface area contributed by atoms with Gasteiger partial charge in [-0.3, -0.25) is 9.48 Å². The molecule has 1 aromatic heterocycles. The largest absolute Gasteiger partial charge is 0.398 e. The van der Waals surface area contributed by atoms with Gasteiger partial charge in [0.2, 0.25) is 5.91 Å². The number of nitrogens with two attached hydrogens (primary N) is 1. The fourth-order valence-corrected chi connectivity index (χ4v) is 1.89. The standard InChI is InChI=1S/C15H20N4O/c1-11(2)18(3)15(20)10-19-9-12(8-17-19)13-6-4-5-7-14(13)16/h4-9,11H,10,16H2,1-3H3. The van der Waals surface area contributed by atoms with E-state index in [4.69, 9.17) is 5.73 Å². The molecule has 0 fully saturated rings. The number of hydrogen-bond donors (Lipinski definition) is 1. The van der Waals surface area contributed by atoms with Gasteiger partial charge in [-0.2, -0.15) is 5.10 Å². The number of anilines is 1. The van der Waals surface area contributed by atoms with Gasteiger partial charge in [-0.1, -0.05) is 18.2 Å². The van der Waals surface area contributed by atoms with Crippen LogP contribution in [0, 0.1) is 0 Å². The average Bonchev–Trinajstić information content (AvgIpc) is 2.86. The first-order chi connectivity index (χ1) is 9.49. The van der Waals surface area contributed by atoms with Gasteiger partial charge in [0.25, 0.3) is 0 Å². The van der Waals surface area contributed by atoms with Crippen LogP contribution in [0.15, 0.2) is 36.7 Å². The number of nitrogen functional groups attached to an aromatic ring is 1. The predicted molar refractivity (Wildman–Crippen MR) is 80.0 cm³/mol. The predicted octanol–water partition coefficient (Wildman–Crippen LogP) is 2.00. The van der Waals surface area contributed by atoms with Gasteiger partial charge in [0, 0.05) is 36.1 Å². The SMILES string of the molecule is CC(C)N(C)C(=O)Cn1cc(-c2ccccc2N)cn1. The summed E-state index contributed by atoms with van der Waals surface area (Å²) in [5.41, 5.74) is 8.50. The Labute approximate surface area is 119 Å². The van der Waals surface area contributed by atoms with Crippen LogP contribution in [0.1, 0.15) is 13.8 Å². The molecule has 0 aliphatic heterocycles. The van der Waals surface area contributed by atoms with Crippen LogP contribution in [0.3, 0.4) is 0 Å². The highest BCUT2D eigenvalue weighted by molar-refractivity contribution is 5.77. The minimum Gasteiger partial charge on any atom is -0.398 e. The van der Waals surface area contributed by atoms with Crippen LogP contribution in [0.5, 0.6) is 0 Å². The molecular formula is C15H20N4O. The number of likely N-dealkylation sites (N-methyl/N-ethyl adjacent to an activating group) is 1. The van der Waals surface area contributed by atoms with E-state index in [1.54, 1.807) is 22.8 Å². The van der Waals surface area contributed by atoms with Crippen LogP contribution < -0.4 is 5.73 Å². The van der Waals surface area contributed by atoms with E-state index in [2.05, 4.69) is 5.10 Å². The highest BCUT2D eigenvalue weighted by Crippen LogP contribution is 2.24. The summed E-state index contributed by atoms with van der Waals surface area (Å²) in [4.78, 5) is 13.7.